The van der Waals surface area contributed by atoms with Gasteiger partial charge < -0.3 is 16.0 Å². The molecule has 1 atom stereocenters. The van der Waals surface area contributed by atoms with Gasteiger partial charge in [0.1, 0.15) is 5.69 Å². The van der Waals surface area contributed by atoms with Gasteiger partial charge in [-0.25, -0.2) is 0 Å². The number of rotatable bonds is 5. The van der Waals surface area contributed by atoms with Crippen LogP contribution in [-0.2, 0) is 4.79 Å². The van der Waals surface area contributed by atoms with Gasteiger partial charge in [-0.2, -0.15) is 0 Å². The lowest BCUT2D eigenvalue weighted by atomic mass is 10.3. The molecule has 1 aromatic rings. The molecule has 0 spiro atoms. The van der Waals surface area contributed by atoms with E-state index in [0.29, 0.717) is 12.2 Å². The molecule has 1 heterocycles. The summed E-state index contributed by atoms with van der Waals surface area (Å²) in [6.45, 7) is 2.17. The molecule has 1 rings (SSSR count). The van der Waals surface area contributed by atoms with Crippen LogP contribution in [0.25, 0.3) is 0 Å². The first-order chi connectivity index (χ1) is 8.56. The van der Waals surface area contributed by atoms with Crippen LogP contribution in [0.2, 0.25) is 0 Å². The van der Waals surface area contributed by atoms with Gasteiger partial charge in [0.05, 0.1) is 6.54 Å². The number of halogens is 2. The molecular formula is C12H20Cl2N4O2. The van der Waals surface area contributed by atoms with Crippen LogP contribution in [0.1, 0.15) is 17.4 Å². The van der Waals surface area contributed by atoms with Gasteiger partial charge in [-0.1, -0.05) is 6.07 Å². The van der Waals surface area contributed by atoms with Crippen molar-refractivity contribution in [2.45, 2.75) is 13.0 Å². The summed E-state index contributed by atoms with van der Waals surface area (Å²) in [7, 11) is 1.66. The van der Waals surface area contributed by atoms with Crippen molar-refractivity contribution in [2.24, 2.45) is 5.73 Å². The molecule has 0 radical (unpaired) electrons. The predicted octanol–water partition coefficient (Wildman–Crippen LogP) is 0.461. The molecule has 0 bridgehead atoms. The second-order valence-electron chi connectivity index (χ2n) is 3.99. The van der Waals surface area contributed by atoms with Crippen LogP contribution < -0.4 is 11.1 Å². The monoisotopic (exact) mass is 322 g/mol. The van der Waals surface area contributed by atoms with Gasteiger partial charge >= 0.3 is 0 Å². The summed E-state index contributed by atoms with van der Waals surface area (Å²) in [6.07, 6.45) is 1.53. The standard InChI is InChI=1S/C12H18N4O2.2ClH/c1-9(7-13)16(2)11(17)8-15-12(18)10-5-3-4-6-14-10;;/h3-6,9H,7-8,13H2,1-2H3,(H,15,18);2*1H. The third-order valence-corrected chi connectivity index (χ3v) is 2.69. The number of nitrogens with two attached hydrogens (primary N) is 1. The first kappa shape index (κ1) is 20.9. The Balaban J connectivity index is 0. The zero-order chi connectivity index (χ0) is 13.5. The molecule has 0 aliphatic carbocycles. The van der Waals surface area contributed by atoms with E-state index in [9.17, 15) is 9.59 Å². The van der Waals surface area contributed by atoms with E-state index in [1.54, 1.807) is 25.2 Å². The van der Waals surface area contributed by atoms with Crippen LogP contribution >= 0.6 is 24.8 Å². The molecule has 0 saturated heterocycles. The third kappa shape index (κ3) is 6.18. The summed E-state index contributed by atoms with van der Waals surface area (Å²) in [6, 6.07) is 4.97. The summed E-state index contributed by atoms with van der Waals surface area (Å²) in [5.41, 5.74) is 5.76. The van der Waals surface area contributed by atoms with Gasteiger partial charge in [-0.3, -0.25) is 14.6 Å². The fourth-order valence-corrected chi connectivity index (χ4v) is 1.27. The van der Waals surface area contributed by atoms with Crippen LogP contribution in [-0.4, -0.2) is 47.9 Å². The number of amides is 2. The molecule has 0 aliphatic rings. The summed E-state index contributed by atoms with van der Waals surface area (Å²) >= 11 is 0. The topological polar surface area (TPSA) is 88.3 Å². The maximum absolute atomic E-state index is 11.7. The fraction of sp³-hybridized carbons (Fsp3) is 0.417. The van der Waals surface area contributed by atoms with Crippen molar-refractivity contribution < 1.29 is 9.59 Å². The lowest BCUT2D eigenvalue weighted by Gasteiger charge is -2.23. The maximum atomic E-state index is 11.7. The average molecular weight is 323 g/mol. The summed E-state index contributed by atoms with van der Waals surface area (Å²) < 4.78 is 0. The Morgan fingerprint density at radius 3 is 2.55 bits per heavy atom. The van der Waals surface area contributed by atoms with Gasteiger partial charge in [0.15, 0.2) is 0 Å². The fourth-order valence-electron chi connectivity index (χ4n) is 1.27. The highest BCUT2D eigenvalue weighted by Crippen LogP contribution is 1.95. The molecule has 0 fully saturated rings. The Morgan fingerprint density at radius 1 is 1.40 bits per heavy atom. The predicted molar refractivity (Wildman–Crippen MR) is 82.4 cm³/mol. The minimum absolute atomic E-state index is 0. The zero-order valence-electron chi connectivity index (χ0n) is 11.4. The Labute approximate surface area is 130 Å². The van der Waals surface area contributed by atoms with Crippen molar-refractivity contribution in [3.63, 3.8) is 0 Å². The van der Waals surface area contributed by atoms with Crippen LogP contribution in [0.3, 0.4) is 0 Å². The van der Waals surface area contributed by atoms with Gasteiger partial charge in [-0.05, 0) is 19.1 Å². The lowest BCUT2D eigenvalue weighted by molar-refractivity contribution is -0.130. The second kappa shape index (κ2) is 10.4. The number of carbonyl (C=O) groups is 2. The number of nitrogens with one attached hydrogen (secondary N) is 1. The number of pyridine rings is 1. The van der Waals surface area contributed by atoms with Crippen molar-refractivity contribution in [2.75, 3.05) is 20.1 Å². The molecule has 2 amide bonds. The van der Waals surface area contributed by atoms with Crippen molar-refractivity contribution in [1.82, 2.24) is 15.2 Å². The molecule has 8 heteroatoms. The molecular weight excluding hydrogens is 303 g/mol. The molecule has 0 aromatic carbocycles. The second-order valence-corrected chi connectivity index (χ2v) is 3.99. The third-order valence-electron chi connectivity index (χ3n) is 2.69. The smallest absolute Gasteiger partial charge is 0.270 e. The van der Waals surface area contributed by atoms with Crippen LogP contribution in [0.15, 0.2) is 24.4 Å². The number of likely N-dealkylation sites (N-methyl/N-ethyl adjacent to an activating group) is 1. The highest BCUT2D eigenvalue weighted by molar-refractivity contribution is 5.94. The molecule has 3 N–H and O–H groups in total. The highest BCUT2D eigenvalue weighted by atomic mass is 35.5. The zero-order valence-corrected chi connectivity index (χ0v) is 13.0. The van der Waals surface area contributed by atoms with Gasteiger partial charge in [0.25, 0.3) is 5.91 Å². The van der Waals surface area contributed by atoms with E-state index >= 15 is 0 Å². The van der Waals surface area contributed by atoms with Crippen molar-refractivity contribution in [3.05, 3.63) is 30.1 Å². The minimum Gasteiger partial charge on any atom is -0.342 e. The number of carbonyl (C=O) groups excluding carboxylic acids is 2. The minimum atomic E-state index is -0.363. The van der Waals surface area contributed by atoms with Gasteiger partial charge in [0, 0.05) is 25.8 Å². The molecule has 1 aromatic heterocycles. The maximum Gasteiger partial charge on any atom is 0.270 e. The molecule has 20 heavy (non-hydrogen) atoms. The number of nitrogens with zero attached hydrogens (tertiary/aromatic N) is 2. The van der Waals surface area contributed by atoms with E-state index in [0.717, 1.165) is 0 Å². The summed E-state index contributed by atoms with van der Waals surface area (Å²) in [4.78, 5) is 28.8. The quantitative estimate of drug-likeness (QED) is 0.824. The van der Waals surface area contributed by atoms with E-state index < -0.39 is 0 Å². The van der Waals surface area contributed by atoms with E-state index in [1.165, 1.54) is 11.1 Å². The van der Waals surface area contributed by atoms with Crippen molar-refractivity contribution >= 4 is 36.6 Å². The number of hydrogen-bond donors (Lipinski definition) is 2. The molecule has 0 aliphatic heterocycles. The van der Waals surface area contributed by atoms with Crippen LogP contribution in [0, 0.1) is 0 Å². The molecule has 6 nitrogen and oxygen atoms in total. The largest absolute Gasteiger partial charge is 0.342 e. The van der Waals surface area contributed by atoms with E-state index in [2.05, 4.69) is 10.3 Å². The number of aromatic nitrogens is 1. The normalized spacial score (nSPS) is 10.6. The molecule has 114 valence electrons. The first-order valence-electron chi connectivity index (χ1n) is 5.71. The van der Waals surface area contributed by atoms with E-state index in [-0.39, 0.29) is 49.2 Å². The summed E-state index contributed by atoms with van der Waals surface area (Å²) in [5, 5.41) is 2.53. The molecule has 0 saturated carbocycles. The Bertz CT molecular complexity index is 417. The highest BCUT2D eigenvalue weighted by Gasteiger charge is 2.15. The summed E-state index contributed by atoms with van der Waals surface area (Å²) in [5.74, 6) is -0.546. The SMILES string of the molecule is CC(CN)N(C)C(=O)CNC(=O)c1ccccn1.Cl.Cl. The van der Waals surface area contributed by atoms with Crippen molar-refractivity contribution in [1.29, 1.82) is 0 Å². The van der Waals surface area contributed by atoms with Crippen LogP contribution in [0.5, 0.6) is 0 Å². The van der Waals surface area contributed by atoms with E-state index in [4.69, 9.17) is 5.73 Å². The lowest BCUT2D eigenvalue weighted by Crippen LogP contribution is -2.44. The first-order valence-corrected chi connectivity index (χ1v) is 5.71. The Kier molecular flexibility index (Phi) is 10.9. The van der Waals surface area contributed by atoms with Gasteiger partial charge in [-0.15, -0.1) is 24.8 Å². The van der Waals surface area contributed by atoms with Crippen LogP contribution in [0.4, 0.5) is 0 Å². The molecule has 1 unspecified atom stereocenters. The van der Waals surface area contributed by atoms with E-state index in [1.807, 2.05) is 6.92 Å². The Morgan fingerprint density at radius 2 is 2.05 bits per heavy atom. The van der Waals surface area contributed by atoms with Crippen molar-refractivity contribution in [3.8, 4) is 0 Å². The van der Waals surface area contributed by atoms with Gasteiger partial charge in [0.2, 0.25) is 5.91 Å². The average Bonchev–Trinajstić information content (AvgIpc) is 2.43. The number of hydrogen-bond acceptors (Lipinski definition) is 4. The Hall–Kier alpha value is -1.37.